The van der Waals surface area contributed by atoms with Gasteiger partial charge in [-0.25, -0.2) is 4.98 Å². The lowest BCUT2D eigenvalue weighted by molar-refractivity contribution is -0.157. The quantitative estimate of drug-likeness (QED) is 0.299. The molecule has 1 aromatic carbocycles. The van der Waals surface area contributed by atoms with Gasteiger partial charge in [-0.1, -0.05) is 12.1 Å². The van der Waals surface area contributed by atoms with Crippen molar-refractivity contribution in [2.45, 2.75) is 52.4 Å². The van der Waals surface area contributed by atoms with Crippen molar-refractivity contribution < 1.29 is 33.0 Å². The van der Waals surface area contributed by atoms with E-state index in [-0.39, 0.29) is 26.5 Å². The molecule has 0 atom stereocenters. The number of nitrogens with zero attached hydrogens (tertiary/aromatic N) is 3. The van der Waals surface area contributed by atoms with Gasteiger partial charge in [0.2, 0.25) is 0 Å². The Morgan fingerprint density at radius 3 is 2.61 bits per heavy atom. The van der Waals surface area contributed by atoms with Gasteiger partial charge in [-0.05, 0) is 45.9 Å². The molecule has 0 aliphatic heterocycles. The molecule has 2 aromatic heterocycles. The van der Waals surface area contributed by atoms with Crippen LogP contribution >= 0.6 is 12.0 Å². The number of aromatic nitrogens is 3. The van der Waals surface area contributed by atoms with E-state index in [0.717, 1.165) is 17.6 Å². The zero-order valence-electron chi connectivity index (χ0n) is 18.6. The summed E-state index contributed by atoms with van der Waals surface area (Å²) < 4.78 is 55.1. The van der Waals surface area contributed by atoms with Crippen molar-refractivity contribution in [1.82, 2.24) is 14.5 Å². The molecular weight excluding hydrogens is 459 g/mol. The SMILES string of the molecule is Cc1c(OCC(F)(F)F)ccnc1COSc1nc2ccccc2n1COC(=O)C(C)(C)C.[HH]. The van der Waals surface area contributed by atoms with Crippen molar-refractivity contribution in [1.29, 1.82) is 0 Å². The molecule has 0 saturated carbocycles. The van der Waals surface area contributed by atoms with Crippen molar-refractivity contribution in [3.8, 4) is 5.75 Å². The zero-order chi connectivity index (χ0) is 24.2. The number of benzene rings is 1. The highest BCUT2D eigenvalue weighted by atomic mass is 32.2. The Hall–Kier alpha value is -2.79. The van der Waals surface area contributed by atoms with Crippen molar-refractivity contribution >= 4 is 29.0 Å². The van der Waals surface area contributed by atoms with Crippen LogP contribution in [-0.2, 0) is 27.1 Å². The average molecular weight is 486 g/mol. The van der Waals surface area contributed by atoms with E-state index in [2.05, 4.69) is 9.97 Å². The number of para-hydroxylation sites is 2. The summed E-state index contributed by atoms with van der Waals surface area (Å²) in [6, 6.07) is 8.75. The molecule has 0 N–H and O–H groups in total. The zero-order valence-corrected chi connectivity index (χ0v) is 19.4. The van der Waals surface area contributed by atoms with Crippen LogP contribution in [0.3, 0.4) is 0 Å². The van der Waals surface area contributed by atoms with E-state index in [9.17, 15) is 18.0 Å². The van der Waals surface area contributed by atoms with Gasteiger partial charge in [-0.2, -0.15) is 13.2 Å². The highest BCUT2D eigenvalue weighted by Gasteiger charge is 2.29. The van der Waals surface area contributed by atoms with Gasteiger partial charge in [0, 0.05) is 13.2 Å². The number of rotatable bonds is 8. The lowest BCUT2D eigenvalue weighted by Crippen LogP contribution is -2.24. The summed E-state index contributed by atoms with van der Waals surface area (Å²) in [7, 11) is 0. The van der Waals surface area contributed by atoms with Gasteiger partial charge in [-0.3, -0.25) is 14.3 Å². The summed E-state index contributed by atoms with van der Waals surface area (Å²) >= 11 is 0.959. The van der Waals surface area contributed by atoms with Crippen LogP contribution in [0.1, 0.15) is 33.5 Å². The number of halogens is 3. The first-order chi connectivity index (χ1) is 15.5. The van der Waals surface area contributed by atoms with E-state index in [0.29, 0.717) is 21.9 Å². The first-order valence-electron chi connectivity index (χ1n) is 10.0. The Morgan fingerprint density at radius 1 is 1.18 bits per heavy atom. The number of alkyl halides is 3. The Labute approximate surface area is 194 Å². The van der Waals surface area contributed by atoms with Gasteiger partial charge in [0.25, 0.3) is 0 Å². The molecule has 11 heteroatoms. The summed E-state index contributed by atoms with van der Waals surface area (Å²) in [5, 5.41) is 0.458. The minimum Gasteiger partial charge on any atom is -0.484 e. The molecule has 0 amide bonds. The van der Waals surface area contributed by atoms with Crippen molar-refractivity contribution in [3.05, 3.63) is 47.8 Å². The van der Waals surface area contributed by atoms with Gasteiger partial charge in [0.15, 0.2) is 18.5 Å². The third-order valence-corrected chi connectivity index (χ3v) is 5.23. The van der Waals surface area contributed by atoms with E-state index in [4.69, 9.17) is 13.7 Å². The number of imidazole rings is 1. The summed E-state index contributed by atoms with van der Waals surface area (Å²) in [4.78, 5) is 20.9. The Balaban J connectivity index is 0.00000408. The fraction of sp³-hybridized carbons (Fsp3) is 0.409. The standard InChI is InChI=1S/C22H24F3N3O4S.H2/c1-14-16(26-10-9-18(14)30-12-22(23,24)25)11-32-33-20-27-15-7-5-6-8-17(15)28(20)13-31-19(29)21(2,3)4;/h5-10H,11-13H2,1-4H3;1H. The maximum Gasteiger partial charge on any atom is 0.422 e. The van der Waals surface area contributed by atoms with E-state index < -0.39 is 18.2 Å². The van der Waals surface area contributed by atoms with Crippen LogP contribution < -0.4 is 4.74 Å². The smallest absolute Gasteiger partial charge is 0.422 e. The predicted octanol–water partition coefficient (Wildman–Crippen LogP) is 5.70. The minimum atomic E-state index is -4.43. The summed E-state index contributed by atoms with van der Waals surface area (Å²) in [6.45, 7) is 5.49. The lowest BCUT2D eigenvalue weighted by atomic mass is 9.98. The largest absolute Gasteiger partial charge is 0.484 e. The van der Waals surface area contributed by atoms with E-state index in [1.54, 1.807) is 32.3 Å². The summed E-state index contributed by atoms with van der Waals surface area (Å²) in [5.41, 5.74) is 1.70. The number of hydrogen-bond acceptors (Lipinski definition) is 7. The summed E-state index contributed by atoms with van der Waals surface area (Å²) in [6.07, 6.45) is -3.07. The maximum absolute atomic E-state index is 12.5. The van der Waals surface area contributed by atoms with Crippen LogP contribution in [0, 0.1) is 12.3 Å². The number of hydrogen-bond donors (Lipinski definition) is 0. The second-order valence-electron chi connectivity index (χ2n) is 8.25. The third-order valence-electron chi connectivity index (χ3n) is 4.54. The van der Waals surface area contributed by atoms with E-state index >= 15 is 0 Å². The number of pyridine rings is 1. The van der Waals surface area contributed by atoms with E-state index in [1.165, 1.54) is 12.3 Å². The molecule has 0 fully saturated rings. The van der Waals surface area contributed by atoms with Crippen LogP contribution in [0.2, 0.25) is 0 Å². The molecule has 0 aliphatic rings. The highest BCUT2D eigenvalue weighted by Crippen LogP contribution is 2.28. The van der Waals surface area contributed by atoms with Crippen LogP contribution in [0.25, 0.3) is 11.0 Å². The summed E-state index contributed by atoms with van der Waals surface area (Å²) in [5.74, 6) is -0.264. The van der Waals surface area contributed by atoms with Gasteiger partial charge in [0.05, 0.1) is 34.2 Å². The molecule has 2 heterocycles. The molecule has 3 aromatic rings. The van der Waals surface area contributed by atoms with Crippen LogP contribution in [0.5, 0.6) is 5.75 Å². The lowest BCUT2D eigenvalue weighted by Gasteiger charge is -2.17. The van der Waals surface area contributed by atoms with Gasteiger partial charge >= 0.3 is 12.1 Å². The fourth-order valence-electron chi connectivity index (χ4n) is 2.74. The van der Waals surface area contributed by atoms with E-state index in [1.807, 2.05) is 24.3 Å². The number of ether oxygens (including phenoxy) is 2. The number of fused-ring (bicyclic) bond motifs is 1. The maximum atomic E-state index is 12.5. The van der Waals surface area contributed by atoms with Crippen molar-refractivity contribution in [2.24, 2.45) is 5.41 Å². The van der Waals surface area contributed by atoms with Gasteiger partial charge < -0.3 is 13.7 Å². The molecular formula is C22H26F3N3O4S. The Kier molecular flexibility index (Phi) is 7.53. The number of carbonyl (C=O) groups is 1. The first kappa shape index (κ1) is 24.8. The van der Waals surface area contributed by atoms with Crippen molar-refractivity contribution in [2.75, 3.05) is 6.61 Å². The average Bonchev–Trinajstić information content (AvgIpc) is 3.08. The Bertz CT molecular complexity index is 1130. The van der Waals surface area contributed by atoms with Gasteiger partial charge in [-0.15, -0.1) is 0 Å². The van der Waals surface area contributed by atoms with Crippen LogP contribution in [0.4, 0.5) is 13.2 Å². The minimum absolute atomic E-state index is 0. The number of esters is 1. The monoisotopic (exact) mass is 485 g/mol. The third kappa shape index (κ3) is 6.61. The second kappa shape index (κ2) is 10.0. The molecule has 3 rings (SSSR count). The Morgan fingerprint density at radius 2 is 1.91 bits per heavy atom. The molecule has 0 bridgehead atoms. The molecule has 7 nitrogen and oxygen atoms in total. The molecule has 33 heavy (non-hydrogen) atoms. The first-order valence-corrected chi connectivity index (χ1v) is 10.8. The van der Waals surface area contributed by atoms with Crippen molar-refractivity contribution in [3.63, 3.8) is 0 Å². The molecule has 0 spiro atoms. The van der Waals surface area contributed by atoms with Crippen LogP contribution in [-0.4, -0.2) is 33.3 Å². The second-order valence-corrected chi connectivity index (χ2v) is 9.02. The normalized spacial score (nSPS) is 12.2. The molecule has 0 unspecified atom stereocenters. The molecule has 0 aliphatic carbocycles. The molecule has 0 radical (unpaired) electrons. The molecule has 180 valence electrons. The highest BCUT2D eigenvalue weighted by molar-refractivity contribution is 7.94. The fourth-order valence-corrected chi connectivity index (χ4v) is 3.39. The predicted molar refractivity (Wildman–Crippen MR) is 119 cm³/mol. The topological polar surface area (TPSA) is 75.5 Å². The van der Waals surface area contributed by atoms with Gasteiger partial charge in [0.1, 0.15) is 12.4 Å². The molecule has 0 saturated heterocycles. The van der Waals surface area contributed by atoms with Crippen LogP contribution in [0.15, 0.2) is 41.7 Å². The number of carbonyl (C=O) groups excluding carboxylic acids is 1.